The van der Waals surface area contributed by atoms with Crippen LogP contribution in [0.5, 0.6) is 0 Å². The molecule has 2 aliphatic rings. The Morgan fingerprint density at radius 2 is 2.10 bits per heavy atom. The molecular formula is C15H17NO4. The third-order valence-electron chi connectivity index (χ3n) is 4.19. The Balaban J connectivity index is 1.96. The van der Waals surface area contributed by atoms with E-state index in [-0.39, 0.29) is 17.9 Å². The third kappa shape index (κ3) is 1.98. The van der Waals surface area contributed by atoms with E-state index in [1.165, 1.54) is 4.90 Å². The highest BCUT2D eigenvalue weighted by atomic mass is 16.5. The Morgan fingerprint density at radius 1 is 1.35 bits per heavy atom. The lowest BCUT2D eigenvalue weighted by Crippen LogP contribution is -2.46. The molecule has 0 radical (unpaired) electrons. The minimum atomic E-state index is -0.957. The van der Waals surface area contributed by atoms with Gasteiger partial charge < -0.3 is 9.84 Å². The van der Waals surface area contributed by atoms with Gasteiger partial charge in [-0.2, -0.15) is 0 Å². The number of para-hydroxylation sites is 1. The van der Waals surface area contributed by atoms with Crippen LogP contribution in [0.25, 0.3) is 0 Å². The van der Waals surface area contributed by atoms with Crippen LogP contribution in [0, 0.1) is 5.92 Å². The first-order chi connectivity index (χ1) is 9.59. The van der Waals surface area contributed by atoms with Gasteiger partial charge in [0.2, 0.25) is 5.91 Å². The molecule has 5 heteroatoms. The van der Waals surface area contributed by atoms with Crippen molar-refractivity contribution in [3.05, 3.63) is 29.8 Å². The molecule has 2 heterocycles. The number of benzene rings is 1. The fourth-order valence-electron chi connectivity index (χ4n) is 3.09. The normalized spacial score (nSPS) is 28.4. The number of aliphatic carboxylic acids is 1. The molecule has 0 aliphatic carbocycles. The van der Waals surface area contributed by atoms with Crippen LogP contribution in [0.3, 0.4) is 0 Å². The van der Waals surface area contributed by atoms with E-state index in [0.717, 1.165) is 11.3 Å². The van der Waals surface area contributed by atoms with Crippen molar-refractivity contribution in [2.45, 2.75) is 31.9 Å². The number of carboxylic acid groups (broad SMARTS) is 1. The summed E-state index contributed by atoms with van der Waals surface area (Å²) in [6.07, 6.45) is 0.884. The summed E-state index contributed by atoms with van der Waals surface area (Å²) in [5, 5.41) is 9.39. The van der Waals surface area contributed by atoms with Crippen LogP contribution in [-0.4, -0.2) is 35.7 Å². The summed E-state index contributed by atoms with van der Waals surface area (Å²) in [7, 11) is 0. The Bertz CT molecular complexity index is 557. The van der Waals surface area contributed by atoms with Crippen molar-refractivity contribution in [2.75, 3.05) is 11.5 Å². The van der Waals surface area contributed by atoms with Gasteiger partial charge in [0.25, 0.3) is 0 Å². The summed E-state index contributed by atoms with van der Waals surface area (Å²) >= 11 is 0. The topological polar surface area (TPSA) is 66.8 Å². The van der Waals surface area contributed by atoms with E-state index in [2.05, 4.69) is 0 Å². The highest BCUT2D eigenvalue weighted by molar-refractivity contribution is 6.03. The van der Waals surface area contributed by atoms with E-state index in [1.807, 2.05) is 31.2 Å². The minimum Gasteiger partial charge on any atom is -0.480 e. The molecule has 106 valence electrons. The first-order valence-electron chi connectivity index (χ1n) is 6.85. The van der Waals surface area contributed by atoms with Gasteiger partial charge in [-0.3, -0.25) is 9.69 Å². The number of carboxylic acids is 1. The number of amides is 1. The molecule has 0 saturated carbocycles. The van der Waals surface area contributed by atoms with Gasteiger partial charge in [0.05, 0.1) is 12.0 Å². The number of hydrogen-bond donors (Lipinski definition) is 1. The molecule has 3 atom stereocenters. The first-order valence-corrected chi connectivity index (χ1v) is 6.85. The van der Waals surface area contributed by atoms with Crippen molar-refractivity contribution in [3.63, 3.8) is 0 Å². The Kier molecular flexibility index (Phi) is 3.22. The second kappa shape index (κ2) is 4.90. The number of anilines is 1. The van der Waals surface area contributed by atoms with Crippen LogP contribution in [0.15, 0.2) is 24.3 Å². The van der Waals surface area contributed by atoms with Crippen LogP contribution >= 0.6 is 0 Å². The van der Waals surface area contributed by atoms with Gasteiger partial charge in [-0.05, 0) is 25.0 Å². The first kappa shape index (κ1) is 13.1. The lowest BCUT2D eigenvalue weighted by molar-refractivity contribution is -0.140. The molecule has 1 fully saturated rings. The zero-order valence-corrected chi connectivity index (χ0v) is 11.3. The zero-order valence-electron chi connectivity index (χ0n) is 11.3. The maximum Gasteiger partial charge on any atom is 0.327 e. The Labute approximate surface area is 117 Å². The molecule has 0 spiro atoms. The van der Waals surface area contributed by atoms with Gasteiger partial charge in [0.15, 0.2) is 0 Å². The third-order valence-corrected chi connectivity index (χ3v) is 4.19. The molecule has 0 aromatic heterocycles. The van der Waals surface area contributed by atoms with E-state index in [9.17, 15) is 14.7 Å². The average Bonchev–Trinajstić information content (AvgIpc) is 3.01. The summed E-state index contributed by atoms with van der Waals surface area (Å²) in [4.78, 5) is 25.6. The smallest absolute Gasteiger partial charge is 0.327 e. The molecule has 1 N–H and O–H groups in total. The van der Waals surface area contributed by atoms with Crippen molar-refractivity contribution in [1.82, 2.24) is 0 Å². The van der Waals surface area contributed by atoms with E-state index in [1.54, 1.807) is 0 Å². The second-order valence-electron chi connectivity index (χ2n) is 5.37. The van der Waals surface area contributed by atoms with Crippen molar-refractivity contribution < 1.29 is 19.4 Å². The highest BCUT2D eigenvalue weighted by Crippen LogP contribution is 2.35. The fourth-order valence-corrected chi connectivity index (χ4v) is 3.09. The molecule has 1 saturated heterocycles. The van der Waals surface area contributed by atoms with Gasteiger partial charge in [-0.25, -0.2) is 4.79 Å². The number of nitrogens with zero attached hydrogens (tertiary/aromatic N) is 1. The number of fused-ring (bicyclic) bond motifs is 1. The lowest BCUT2D eigenvalue weighted by atomic mass is 10.0. The molecule has 0 bridgehead atoms. The molecule has 5 nitrogen and oxygen atoms in total. The largest absolute Gasteiger partial charge is 0.480 e. The van der Waals surface area contributed by atoms with E-state index >= 15 is 0 Å². The second-order valence-corrected chi connectivity index (χ2v) is 5.37. The number of rotatable bonds is 2. The quantitative estimate of drug-likeness (QED) is 0.887. The monoisotopic (exact) mass is 275 g/mol. The van der Waals surface area contributed by atoms with Crippen molar-refractivity contribution in [1.29, 1.82) is 0 Å². The van der Waals surface area contributed by atoms with Gasteiger partial charge in [0, 0.05) is 18.7 Å². The summed E-state index contributed by atoms with van der Waals surface area (Å²) in [6.45, 7) is 2.43. The van der Waals surface area contributed by atoms with Crippen molar-refractivity contribution >= 4 is 17.6 Å². The summed E-state index contributed by atoms with van der Waals surface area (Å²) in [5.74, 6) is -1.34. The molecule has 1 aromatic rings. The molecule has 3 rings (SSSR count). The summed E-state index contributed by atoms with van der Waals surface area (Å²) in [5.41, 5.74) is 1.64. The van der Waals surface area contributed by atoms with Gasteiger partial charge in [-0.1, -0.05) is 18.2 Å². The van der Waals surface area contributed by atoms with Crippen molar-refractivity contribution in [2.24, 2.45) is 5.92 Å². The minimum absolute atomic E-state index is 0.132. The van der Waals surface area contributed by atoms with E-state index in [0.29, 0.717) is 19.4 Å². The Hall–Kier alpha value is -1.88. The maximum absolute atomic E-state index is 12.7. The molecule has 1 amide bonds. The maximum atomic E-state index is 12.7. The van der Waals surface area contributed by atoms with Gasteiger partial charge >= 0.3 is 5.97 Å². The lowest BCUT2D eigenvalue weighted by Gasteiger charge is -2.26. The van der Waals surface area contributed by atoms with E-state index in [4.69, 9.17) is 4.74 Å². The van der Waals surface area contributed by atoms with Crippen LogP contribution in [0.1, 0.15) is 18.9 Å². The predicted octanol–water partition coefficient (Wildman–Crippen LogP) is 1.45. The number of hydrogen-bond acceptors (Lipinski definition) is 3. The highest BCUT2D eigenvalue weighted by Gasteiger charge is 2.43. The van der Waals surface area contributed by atoms with Crippen LogP contribution in [0.2, 0.25) is 0 Å². The summed E-state index contributed by atoms with van der Waals surface area (Å²) in [6, 6.07) is 6.60. The Morgan fingerprint density at radius 3 is 2.75 bits per heavy atom. The van der Waals surface area contributed by atoms with Crippen LogP contribution < -0.4 is 4.90 Å². The molecule has 20 heavy (non-hydrogen) atoms. The summed E-state index contributed by atoms with van der Waals surface area (Å²) < 4.78 is 5.43. The predicted molar refractivity (Wildman–Crippen MR) is 72.6 cm³/mol. The SMILES string of the molecule is CC1OCCC1C(=O)N1c2ccccc2CC1C(=O)O. The number of carbonyl (C=O) groups is 2. The van der Waals surface area contributed by atoms with Gasteiger partial charge in [0.1, 0.15) is 6.04 Å². The van der Waals surface area contributed by atoms with Gasteiger partial charge in [-0.15, -0.1) is 0 Å². The molecule has 1 aromatic carbocycles. The standard InChI is InChI=1S/C15H17NO4/c1-9-11(6-7-20-9)14(17)16-12-5-3-2-4-10(12)8-13(16)15(18)19/h2-5,9,11,13H,6-8H2,1H3,(H,18,19). The van der Waals surface area contributed by atoms with Crippen LogP contribution in [0.4, 0.5) is 5.69 Å². The van der Waals surface area contributed by atoms with Crippen molar-refractivity contribution in [3.8, 4) is 0 Å². The molecule has 2 aliphatic heterocycles. The number of carbonyl (C=O) groups excluding carboxylic acids is 1. The zero-order chi connectivity index (χ0) is 14.3. The molecule has 3 unspecified atom stereocenters. The number of ether oxygens (including phenoxy) is 1. The van der Waals surface area contributed by atoms with Crippen LogP contribution in [-0.2, 0) is 20.7 Å². The average molecular weight is 275 g/mol. The fraction of sp³-hybridized carbons (Fsp3) is 0.467. The molecular weight excluding hydrogens is 258 g/mol. The van der Waals surface area contributed by atoms with E-state index < -0.39 is 12.0 Å².